The number of hydrogen-bond donors (Lipinski definition) is 3. The lowest BCUT2D eigenvalue weighted by molar-refractivity contribution is -0.130. The molecular weight excluding hydrogens is 618 g/mol. The Hall–Kier alpha value is -2.16. The number of ether oxygens (including phenoxy) is 1. The van der Waals surface area contributed by atoms with Crippen LogP contribution in [0.2, 0.25) is 0 Å². The molecule has 250 valence electrons. The number of nitrogen functional groups attached to an aromatic ring is 1. The predicted molar refractivity (Wildman–Crippen MR) is 164 cm³/mol. The third kappa shape index (κ3) is 9.43. The fourth-order valence-corrected chi connectivity index (χ4v) is 8.58. The summed E-state index contributed by atoms with van der Waals surface area (Å²) in [5.41, 5.74) is 5.48. The molecule has 1 fully saturated rings. The molecule has 0 spiro atoms. The van der Waals surface area contributed by atoms with Gasteiger partial charge in [-0.05, 0) is 55.4 Å². The van der Waals surface area contributed by atoms with Crippen molar-refractivity contribution in [1.29, 1.82) is 0 Å². The molecule has 3 atom stereocenters. The van der Waals surface area contributed by atoms with E-state index in [0.717, 1.165) is 0 Å². The summed E-state index contributed by atoms with van der Waals surface area (Å²) in [7, 11) is -7.57. The molecule has 0 unspecified atom stereocenters. The van der Waals surface area contributed by atoms with E-state index in [0.29, 0.717) is 0 Å². The molecule has 4 N–H and O–H groups in total. The lowest BCUT2D eigenvalue weighted by atomic mass is 10.2. The number of anilines is 1. The number of hydrogen-bond acceptors (Lipinski definition) is 13. The van der Waals surface area contributed by atoms with Gasteiger partial charge in [-0.1, -0.05) is 0 Å². The Morgan fingerprint density at radius 3 is 2.14 bits per heavy atom. The van der Waals surface area contributed by atoms with Crippen LogP contribution in [0.3, 0.4) is 0 Å². The predicted octanol–water partition coefficient (Wildman–Crippen LogP) is 3.27. The molecule has 1 aliphatic rings. The van der Waals surface area contributed by atoms with Crippen molar-refractivity contribution in [3.63, 3.8) is 0 Å². The quantitative estimate of drug-likeness (QED) is 0.220. The first-order valence-corrected chi connectivity index (χ1v) is 18.0. The van der Waals surface area contributed by atoms with E-state index >= 15 is 0 Å². The Kier molecular flexibility index (Phi) is 12.3. The molecule has 3 heterocycles. The largest absolute Gasteiger partial charge is 0.378 e. The van der Waals surface area contributed by atoms with Crippen molar-refractivity contribution >= 4 is 38.2 Å². The Morgan fingerprint density at radius 2 is 1.59 bits per heavy atom. The molecule has 1 amide bonds. The molecule has 2 aromatic heterocycles. The van der Waals surface area contributed by atoms with Gasteiger partial charge >= 0.3 is 15.2 Å². The highest BCUT2D eigenvalue weighted by Crippen LogP contribution is 2.54. The number of carbonyl (C=O) groups excluding carboxylic acids is 1. The highest BCUT2D eigenvalue weighted by molar-refractivity contribution is 7.54. The zero-order valence-electron chi connectivity index (χ0n) is 26.5. The average molecular weight is 665 g/mol. The van der Waals surface area contributed by atoms with Crippen LogP contribution in [-0.4, -0.2) is 97.7 Å². The van der Waals surface area contributed by atoms with E-state index in [4.69, 9.17) is 28.6 Å². The van der Waals surface area contributed by atoms with Crippen LogP contribution in [-0.2, 0) is 36.8 Å². The molecule has 16 nitrogen and oxygen atoms in total. The van der Waals surface area contributed by atoms with Gasteiger partial charge in [0.1, 0.15) is 0 Å². The number of rotatable bonds is 16. The van der Waals surface area contributed by atoms with Crippen LogP contribution in [0.5, 0.6) is 0 Å². The highest BCUT2D eigenvalue weighted by Gasteiger charge is 2.42. The first-order chi connectivity index (χ1) is 20.4. The first kappa shape index (κ1) is 36.3. The number of carbonyl (C=O) groups is 1. The molecule has 0 bridgehead atoms. The van der Waals surface area contributed by atoms with Gasteiger partial charge in [-0.3, -0.25) is 23.7 Å². The summed E-state index contributed by atoms with van der Waals surface area (Å²) in [5.74, 6) is -2.08. The second-order valence-corrected chi connectivity index (χ2v) is 15.9. The van der Waals surface area contributed by atoms with Crippen molar-refractivity contribution in [2.24, 2.45) is 0 Å². The summed E-state index contributed by atoms with van der Waals surface area (Å²) in [6.07, 6.45) is -1.37. The van der Waals surface area contributed by atoms with E-state index in [-0.39, 0.29) is 60.9 Å². The van der Waals surface area contributed by atoms with Gasteiger partial charge in [0.15, 0.2) is 17.0 Å². The van der Waals surface area contributed by atoms with Crippen molar-refractivity contribution in [2.75, 3.05) is 31.6 Å². The number of likely N-dealkylation sites (tertiary alicyclic amines) is 1. The molecule has 0 saturated carbocycles. The van der Waals surface area contributed by atoms with Crippen molar-refractivity contribution in [3.8, 4) is 0 Å². The molecular formula is C26H46N6O10P2. The number of aromatic nitrogens is 4. The van der Waals surface area contributed by atoms with Crippen LogP contribution < -0.4 is 11.3 Å². The van der Waals surface area contributed by atoms with Crippen molar-refractivity contribution in [2.45, 2.75) is 104 Å². The van der Waals surface area contributed by atoms with Crippen molar-refractivity contribution in [1.82, 2.24) is 24.4 Å². The van der Waals surface area contributed by atoms with E-state index in [1.807, 2.05) is 0 Å². The summed E-state index contributed by atoms with van der Waals surface area (Å²) in [5, 5.41) is 10.9. The van der Waals surface area contributed by atoms with Crippen molar-refractivity contribution in [3.05, 3.63) is 16.7 Å². The number of imidazole rings is 1. The van der Waals surface area contributed by atoms with Gasteiger partial charge in [-0.15, -0.1) is 0 Å². The van der Waals surface area contributed by atoms with Gasteiger partial charge in [-0.2, -0.15) is 4.98 Å². The fraction of sp³-hybridized carbons (Fsp3) is 0.769. The number of aliphatic hydroxyl groups is 1. The Labute approximate surface area is 257 Å². The van der Waals surface area contributed by atoms with Crippen LogP contribution in [0.15, 0.2) is 11.1 Å². The van der Waals surface area contributed by atoms with Crippen LogP contribution in [0, 0.1) is 0 Å². The van der Waals surface area contributed by atoms with E-state index < -0.39 is 57.6 Å². The minimum Gasteiger partial charge on any atom is -0.378 e. The summed E-state index contributed by atoms with van der Waals surface area (Å²) in [4.78, 5) is 38.2. The molecule has 0 aromatic carbocycles. The second-order valence-electron chi connectivity index (χ2n) is 11.7. The van der Waals surface area contributed by atoms with Gasteiger partial charge in [0.25, 0.3) is 5.56 Å². The van der Waals surface area contributed by atoms with Gasteiger partial charge in [0.2, 0.25) is 11.9 Å². The number of aromatic amines is 1. The van der Waals surface area contributed by atoms with Crippen LogP contribution in [0.4, 0.5) is 5.95 Å². The highest BCUT2D eigenvalue weighted by atomic mass is 31.2. The summed E-state index contributed by atoms with van der Waals surface area (Å²) >= 11 is 0. The SMILES string of the molecule is CC(C)OP(=O)(CCC(=O)N1C[C@@H](n2cnc3c(=O)[nH]c(N)nc32)[C@H](OC[C@@H](O)P(=O)(OC(C)C)OC(C)C)C1)OC(C)C. The maximum absolute atomic E-state index is 13.4. The molecule has 0 aliphatic carbocycles. The number of amides is 1. The Balaban J connectivity index is 1.87. The van der Waals surface area contributed by atoms with Gasteiger partial charge in [0.05, 0.1) is 55.7 Å². The molecule has 18 heteroatoms. The van der Waals surface area contributed by atoms with E-state index in [1.54, 1.807) is 60.0 Å². The zero-order chi connectivity index (χ0) is 33.0. The molecule has 1 aliphatic heterocycles. The molecule has 3 rings (SSSR count). The Morgan fingerprint density at radius 1 is 1.02 bits per heavy atom. The first-order valence-electron chi connectivity index (χ1n) is 14.6. The zero-order valence-corrected chi connectivity index (χ0v) is 28.3. The lowest BCUT2D eigenvalue weighted by Crippen LogP contribution is -2.32. The minimum atomic E-state index is -4.00. The number of nitrogens with zero attached hydrogens (tertiary/aromatic N) is 4. The van der Waals surface area contributed by atoms with Crippen LogP contribution in [0.1, 0.15) is 67.9 Å². The molecule has 0 radical (unpaired) electrons. The number of H-pyrrole nitrogens is 1. The minimum absolute atomic E-state index is 0.0422. The number of fused-ring (bicyclic) bond motifs is 1. The standard InChI is InChI=1S/C26H46N6O10P2/c1-15(2)39-43(36,40-16(3)4)10-9-21(33)31-11-19(32-14-28-23-24(32)29-26(27)30-25(23)35)20(12-31)38-13-22(34)44(37,41-17(5)6)42-18(7)8/h14-20,22,34H,9-13H2,1-8H3,(H3,27,29,30,35)/t19-,20-,22+/m1/s1. The third-order valence-corrected chi connectivity index (χ3v) is 10.8. The van der Waals surface area contributed by atoms with Gasteiger partial charge in [0, 0.05) is 19.5 Å². The topological polar surface area (TPSA) is 210 Å². The number of nitrogens with two attached hydrogens (primary N) is 1. The maximum atomic E-state index is 13.4. The summed E-state index contributed by atoms with van der Waals surface area (Å²) in [6.45, 7) is 13.3. The monoisotopic (exact) mass is 664 g/mol. The number of nitrogens with one attached hydrogen (secondary N) is 1. The van der Waals surface area contributed by atoms with Gasteiger partial charge in [-0.25, -0.2) is 4.98 Å². The molecule has 44 heavy (non-hydrogen) atoms. The van der Waals surface area contributed by atoms with E-state index in [9.17, 15) is 23.8 Å². The third-order valence-electron chi connectivity index (χ3n) is 6.28. The number of aliphatic hydroxyl groups excluding tert-OH is 1. The smallest absolute Gasteiger partial charge is 0.361 e. The van der Waals surface area contributed by atoms with Crippen molar-refractivity contribution < 1.29 is 41.9 Å². The van der Waals surface area contributed by atoms with E-state index in [1.165, 1.54) is 11.2 Å². The fourth-order valence-electron chi connectivity index (χ4n) is 4.79. The van der Waals surface area contributed by atoms with Crippen LogP contribution >= 0.6 is 15.2 Å². The maximum Gasteiger partial charge on any atom is 0.361 e. The van der Waals surface area contributed by atoms with Gasteiger partial charge < -0.3 is 43.1 Å². The average Bonchev–Trinajstić information content (AvgIpc) is 3.48. The molecule has 2 aromatic rings. The normalized spacial score (nSPS) is 18.9. The summed E-state index contributed by atoms with van der Waals surface area (Å²) in [6, 6.07) is -0.632. The lowest BCUT2D eigenvalue weighted by Gasteiger charge is -2.28. The Bertz CT molecular complexity index is 1400. The second kappa shape index (κ2) is 15.0. The van der Waals surface area contributed by atoms with E-state index in [2.05, 4.69) is 15.0 Å². The molecule has 1 saturated heterocycles. The summed E-state index contributed by atoms with van der Waals surface area (Å²) < 4.78 is 56.6. The van der Waals surface area contributed by atoms with Crippen LogP contribution in [0.25, 0.3) is 11.2 Å².